The van der Waals surface area contributed by atoms with Crippen LogP contribution in [0, 0.1) is 0 Å². The number of aliphatic imine (C=N–C) groups is 1. The number of nitrogens with zero attached hydrogens (tertiary/aromatic N) is 2. The van der Waals surface area contributed by atoms with Crippen molar-refractivity contribution in [2.45, 2.75) is 55.9 Å². The van der Waals surface area contributed by atoms with E-state index in [2.05, 4.69) is 42.8 Å². The van der Waals surface area contributed by atoms with Crippen molar-refractivity contribution in [1.82, 2.24) is 4.90 Å². The highest BCUT2D eigenvalue weighted by Gasteiger charge is 2.24. The fourth-order valence-corrected chi connectivity index (χ4v) is 4.38. The molecule has 1 fully saturated rings. The van der Waals surface area contributed by atoms with E-state index < -0.39 is 8.07 Å². The first-order chi connectivity index (χ1) is 11.3. The molecule has 0 radical (unpaired) electrons. The standard InChI is InChI=1S/C18H29ClN2OSSi/c1-21(14-7-8-14)13-20-16-11-15(19)17(12-18(16)23-2)22-9-6-10-24(3,4)5/h11-14H,6-10H2,1-5H3/b20-13+. The zero-order chi connectivity index (χ0) is 17.7. The molecule has 134 valence electrons. The molecule has 1 saturated carbocycles. The van der Waals surface area contributed by atoms with Gasteiger partial charge in [-0.3, -0.25) is 0 Å². The SMILES string of the molecule is CSc1cc(OCCC[Si](C)(C)C)c(Cl)cc1/N=C/N(C)C1CC1. The van der Waals surface area contributed by atoms with Crippen LogP contribution in [0.3, 0.4) is 0 Å². The molecular weight excluding hydrogens is 356 g/mol. The van der Waals surface area contributed by atoms with Crippen molar-refractivity contribution in [3.63, 3.8) is 0 Å². The highest BCUT2D eigenvalue weighted by molar-refractivity contribution is 7.98. The summed E-state index contributed by atoms with van der Waals surface area (Å²) in [4.78, 5) is 7.89. The first-order valence-electron chi connectivity index (χ1n) is 8.56. The quantitative estimate of drug-likeness (QED) is 0.173. The van der Waals surface area contributed by atoms with Gasteiger partial charge in [0.25, 0.3) is 0 Å². The van der Waals surface area contributed by atoms with E-state index in [9.17, 15) is 0 Å². The highest BCUT2D eigenvalue weighted by atomic mass is 35.5. The van der Waals surface area contributed by atoms with E-state index in [1.807, 2.05) is 18.5 Å². The molecular formula is C18H29ClN2OSSi. The van der Waals surface area contributed by atoms with Crippen LogP contribution in [-0.4, -0.2) is 45.3 Å². The van der Waals surface area contributed by atoms with Crippen molar-refractivity contribution >= 4 is 43.5 Å². The Bertz CT molecular complexity index is 585. The number of benzene rings is 1. The van der Waals surface area contributed by atoms with Gasteiger partial charge in [-0.15, -0.1) is 11.8 Å². The third-order valence-corrected chi connectivity index (χ3v) is 6.98. The summed E-state index contributed by atoms with van der Waals surface area (Å²) in [6.07, 6.45) is 7.60. The maximum atomic E-state index is 6.40. The molecule has 0 aliphatic heterocycles. The zero-order valence-corrected chi connectivity index (χ0v) is 18.0. The Kier molecular flexibility index (Phi) is 7.07. The molecule has 1 aromatic rings. The molecule has 1 aromatic carbocycles. The molecule has 0 unspecified atom stereocenters. The molecule has 0 spiro atoms. The van der Waals surface area contributed by atoms with Crippen LogP contribution in [0.4, 0.5) is 5.69 Å². The summed E-state index contributed by atoms with van der Waals surface area (Å²) in [7, 11) is 1.08. The van der Waals surface area contributed by atoms with E-state index in [0.717, 1.165) is 29.4 Å². The van der Waals surface area contributed by atoms with Gasteiger partial charge in [-0.05, 0) is 37.7 Å². The van der Waals surface area contributed by atoms with Crippen molar-refractivity contribution in [3.05, 3.63) is 17.2 Å². The molecule has 0 saturated heterocycles. The van der Waals surface area contributed by atoms with Crippen LogP contribution >= 0.6 is 23.4 Å². The predicted octanol–water partition coefficient (Wildman–Crippen LogP) is 5.92. The minimum atomic E-state index is -1.00. The van der Waals surface area contributed by atoms with Crippen LogP contribution in [0.25, 0.3) is 0 Å². The van der Waals surface area contributed by atoms with E-state index in [1.165, 1.54) is 18.9 Å². The summed E-state index contributed by atoms with van der Waals surface area (Å²) in [5.74, 6) is 0.770. The van der Waals surface area contributed by atoms with Gasteiger partial charge in [0.15, 0.2) is 0 Å². The number of halogens is 1. The molecule has 1 aliphatic rings. The third-order valence-electron chi connectivity index (χ3n) is 4.06. The fourth-order valence-electron chi connectivity index (χ4n) is 2.41. The summed E-state index contributed by atoms with van der Waals surface area (Å²) < 4.78 is 5.92. The van der Waals surface area contributed by atoms with Gasteiger partial charge in [-0.1, -0.05) is 37.3 Å². The molecule has 24 heavy (non-hydrogen) atoms. The van der Waals surface area contributed by atoms with Crippen LogP contribution in [0.5, 0.6) is 5.75 Å². The first-order valence-corrected chi connectivity index (χ1v) is 13.9. The second kappa shape index (κ2) is 8.63. The highest BCUT2D eigenvalue weighted by Crippen LogP contribution is 2.37. The van der Waals surface area contributed by atoms with E-state index in [0.29, 0.717) is 11.1 Å². The Morgan fingerprint density at radius 1 is 1.38 bits per heavy atom. The summed E-state index contributed by atoms with van der Waals surface area (Å²) in [6.45, 7) is 7.89. The molecule has 3 nitrogen and oxygen atoms in total. The lowest BCUT2D eigenvalue weighted by molar-refractivity contribution is 0.316. The lowest BCUT2D eigenvalue weighted by Crippen LogP contribution is -2.20. The number of thioether (sulfide) groups is 1. The number of hydrogen-bond acceptors (Lipinski definition) is 3. The Hall–Kier alpha value is -0.653. The maximum absolute atomic E-state index is 6.40. The smallest absolute Gasteiger partial charge is 0.139 e. The van der Waals surface area contributed by atoms with Crippen molar-refractivity contribution < 1.29 is 4.74 Å². The summed E-state index contributed by atoms with van der Waals surface area (Å²) in [5, 5.41) is 0.641. The molecule has 6 heteroatoms. The second-order valence-corrected chi connectivity index (χ2v) is 14.5. The summed E-state index contributed by atoms with van der Waals surface area (Å²) in [5.41, 5.74) is 0.912. The molecule has 0 N–H and O–H groups in total. The first kappa shape index (κ1) is 19.7. The molecule has 0 amide bonds. The number of ether oxygens (including phenoxy) is 1. The van der Waals surface area contributed by atoms with Gasteiger partial charge < -0.3 is 9.64 Å². The molecule has 0 bridgehead atoms. The van der Waals surface area contributed by atoms with Gasteiger partial charge in [0.05, 0.1) is 23.7 Å². The third kappa shape index (κ3) is 6.34. The average molecular weight is 385 g/mol. The zero-order valence-electron chi connectivity index (χ0n) is 15.4. The van der Waals surface area contributed by atoms with Crippen molar-refractivity contribution in [3.8, 4) is 5.75 Å². The number of hydrogen-bond donors (Lipinski definition) is 0. The molecule has 1 aliphatic carbocycles. The Balaban J connectivity index is 2.00. The van der Waals surface area contributed by atoms with Crippen molar-refractivity contribution in [2.24, 2.45) is 4.99 Å². The van der Waals surface area contributed by atoms with Crippen molar-refractivity contribution in [2.75, 3.05) is 19.9 Å². The van der Waals surface area contributed by atoms with Gasteiger partial charge in [-0.2, -0.15) is 0 Å². The molecule has 2 rings (SSSR count). The van der Waals surface area contributed by atoms with E-state index in [-0.39, 0.29) is 0 Å². The minimum absolute atomic E-state index is 0.641. The van der Waals surface area contributed by atoms with E-state index in [4.69, 9.17) is 16.3 Å². The largest absolute Gasteiger partial charge is 0.492 e. The van der Waals surface area contributed by atoms with Crippen LogP contribution in [-0.2, 0) is 0 Å². The summed E-state index contributed by atoms with van der Waals surface area (Å²) in [6, 6.07) is 5.87. The fraction of sp³-hybridized carbons (Fsp3) is 0.611. The monoisotopic (exact) mass is 384 g/mol. The summed E-state index contributed by atoms with van der Waals surface area (Å²) >= 11 is 8.08. The molecule has 0 atom stereocenters. The Morgan fingerprint density at radius 3 is 2.67 bits per heavy atom. The van der Waals surface area contributed by atoms with E-state index in [1.54, 1.807) is 11.8 Å². The lowest BCUT2D eigenvalue weighted by atomic mass is 10.3. The second-order valence-electron chi connectivity index (χ2n) is 7.61. The van der Waals surface area contributed by atoms with Gasteiger partial charge in [0.1, 0.15) is 5.75 Å². The van der Waals surface area contributed by atoms with Crippen LogP contribution < -0.4 is 4.74 Å². The van der Waals surface area contributed by atoms with Crippen LogP contribution in [0.15, 0.2) is 22.0 Å². The predicted molar refractivity (Wildman–Crippen MR) is 110 cm³/mol. The number of rotatable bonds is 9. The lowest BCUT2D eigenvalue weighted by Gasteiger charge is -2.16. The minimum Gasteiger partial charge on any atom is -0.492 e. The van der Waals surface area contributed by atoms with Crippen LogP contribution in [0.1, 0.15) is 19.3 Å². The van der Waals surface area contributed by atoms with E-state index >= 15 is 0 Å². The Morgan fingerprint density at radius 2 is 2.08 bits per heavy atom. The normalized spacial score (nSPS) is 15.1. The average Bonchev–Trinajstić information content (AvgIpc) is 3.34. The van der Waals surface area contributed by atoms with Crippen LogP contribution in [0.2, 0.25) is 30.7 Å². The molecule has 0 aromatic heterocycles. The van der Waals surface area contributed by atoms with Gasteiger partial charge in [0.2, 0.25) is 0 Å². The topological polar surface area (TPSA) is 24.8 Å². The van der Waals surface area contributed by atoms with Gasteiger partial charge in [0, 0.05) is 26.1 Å². The maximum Gasteiger partial charge on any atom is 0.139 e. The molecule has 0 heterocycles. The van der Waals surface area contributed by atoms with Gasteiger partial charge >= 0.3 is 0 Å². The van der Waals surface area contributed by atoms with Gasteiger partial charge in [-0.25, -0.2) is 4.99 Å². The van der Waals surface area contributed by atoms with Crippen molar-refractivity contribution in [1.29, 1.82) is 0 Å². The Labute approximate surface area is 156 Å².